The number of aromatic amines is 1. The molecule has 0 radical (unpaired) electrons. The Bertz CT molecular complexity index is 915. The number of amides is 1. The SMILES string of the molecule is O=C(Nc1ccc(F)c(Cl)c1)c1ccnc2nc(C(O)CO)[nH]c12. The van der Waals surface area contributed by atoms with E-state index in [-0.39, 0.29) is 22.1 Å². The normalized spacial score (nSPS) is 12.3. The maximum atomic E-state index is 13.2. The van der Waals surface area contributed by atoms with E-state index < -0.39 is 24.4 Å². The van der Waals surface area contributed by atoms with Crippen LogP contribution in [-0.2, 0) is 0 Å². The molecule has 3 aromatic rings. The van der Waals surface area contributed by atoms with Crippen molar-refractivity contribution in [1.82, 2.24) is 15.0 Å². The topological polar surface area (TPSA) is 111 Å². The highest BCUT2D eigenvalue weighted by Crippen LogP contribution is 2.22. The number of hydrogen-bond donors (Lipinski definition) is 4. The van der Waals surface area contributed by atoms with E-state index in [9.17, 15) is 14.3 Å². The first-order chi connectivity index (χ1) is 11.5. The van der Waals surface area contributed by atoms with E-state index in [0.29, 0.717) is 11.2 Å². The van der Waals surface area contributed by atoms with Crippen molar-refractivity contribution in [2.75, 3.05) is 11.9 Å². The molecule has 0 saturated carbocycles. The molecule has 1 unspecified atom stereocenters. The summed E-state index contributed by atoms with van der Waals surface area (Å²) < 4.78 is 13.2. The van der Waals surface area contributed by atoms with Crippen LogP contribution in [0.25, 0.3) is 11.2 Å². The maximum Gasteiger partial charge on any atom is 0.257 e. The molecule has 3 rings (SSSR count). The minimum atomic E-state index is -1.20. The van der Waals surface area contributed by atoms with E-state index in [2.05, 4.69) is 20.3 Å². The Labute approximate surface area is 140 Å². The smallest absolute Gasteiger partial charge is 0.257 e. The molecule has 0 saturated heterocycles. The standard InChI is InChI=1S/C15H12ClFN4O3/c16-9-5-7(1-2-10(9)17)19-15(24)8-3-4-18-14-12(8)20-13(21-14)11(23)6-22/h1-5,11,22-23H,6H2,(H,19,24)(H,18,20,21). The third kappa shape index (κ3) is 3.07. The van der Waals surface area contributed by atoms with Crippen LogP contribution >= 0.6 is 11.6 Å². The first-order valence-electron chi connectivity index (χ1n) is 6.89. The number of nitrogens with one attached hydrogen (secondary N) is 2. The second-order valence-corrected chi connectivity index (χ2v) is 5.37. The summed E-state index contributed by atoms with van der Waals surface area (Å²) in [5, 5.41) is 21.1. The molecule has 2 heterocycles. The number of halogens is 2. The van der Waals surface area contributed by atoms with Crippen LogP contribution in [-0.4, -0.2) is 37.7 Å². The van der Waals surface area contributed by atoms with Gasteiger partial charge in [0, 0.05) is 11.9 Å². The molecule has 24 heavy (non-hydrogen) atoms. The molecule has 0 spiro atoms. The summed E-state index contributed by atoms with van der Waals surface area (Å²) in [6, 6.07) is 5.29. The molecule has 7 nitrogen and oxygen atoms in total. The van der Waals surface area contributed by atoms with Crippen LogP contribution < -0.4 is 5.32 Å². The van der Waals surface area contributed by atoms with Gasteiger partial charge in [0.05, 0.1) is 22.7 Å². The lowest BCUT2D eigenvalue weighted by molar-refractivity contribution is 0.0895. The largest absolute Gasteiger partial charge is 0.393 e. The van der Waals surface area contributed by atoms with Gasteiger partial charge in [0.2, 0.25) is 0 Å². The molecular formula is C15H12ClFN4O3. The lowest BCUT2D eigenvalue weighted by Gasteiger charge is -2.06. The first kappa shape index (κ1) is 16.3. The number of aliphatic hydroxyl groups is 2. The molecule has 0 fully saturated rings. The third-order valence-electron chi connectivity index (χ3n) is 3.32. The highest BCUT2D eigenvalue weighted by atomic mass is 35.5. The zero-order chi connectivity index (χ0) is 17.3. The Morgan fingerprint density at radius 2 is 2.21 bits per heavy atom. The minimum absolute atomic E-state index is 0.102. The van der Waals surface area contributed by atoms with Crippen molar-refractivity contribution in [2.45, 2.75) is 6.10 Å². The summed E-state index contributed by atoms with van der Waals surface area (Å²) in [4.78, 5) is 23.2. The van der Waals surface area contributed by atoms with Crippen molar-refractivity contribution in [3.05, 3.63) is 52.7 Å². The molecule has 124 valence electrons. The fourth-order valence-electron chi connectivity index (χ4n) is 2.13. The lowest BCUT2D eigenvalue weighted by atomic mass is 10.2. The van der Waals surface area contributed by atoms with Crippen molar-refractivity contribution in [3.8, 4) is 0 Å². The molecule has 0 bridgehead atoms. The van der Waals surface area contributed by atoms with Gasteiger partial charge in [-0.2, -0.15) is 0 Å². The molecule has 1 aromatic carbocycles. The van der Waals surface area contributed by atoms with Crippen LogP contribution in [0, 0.1) is 5.82 Å². The third-order valence-corrected chi connectivity index (χ3v) is 3.61. The van der Waals surface area contributed by atoms with Crippen molar-refractivity contribution >= 4 is 34.4 Å². The fourth-order valence-corrected chi connectivity index (χ4v) is 2.32. The van der Waals surface area contributed by atoms with Gasteiger partial charge in [0.15, 0.2) is 5.65 Å². The number of hydrogen-bond acceptors (Lipinski definition) is 5. The van der Waals surface area contributed by atoms with E-state index in [1.165, 1.54) is 24.4 Å². The number of aliphatic hydroxyl groups excluding tert-OH is 2. The predicted octanol–water partition coefficient (Wildman–Crippen LogP) is 2.03. The van der Waals surface area contributed by atoms with Crippen molar-refractivity contribution < 1.29 is 19.4 Å². The number of imidazole rings is 1. The van der Waals surface area contributed by atoms with Gasteiger partial charge in [-0.1, -0.05) is 11.6 Å². The van der Waals surface area contributed by atoms with E-state index in [1.807, 2.05) is 0 Å². The zero-order valence-corrected chi connectivity index (χ0v) is 12.9. The second kappa shape index (κ2) is 6.52. The van der Waals surface area contributed by atoms with Crippen molar-refractivity contribution in [1.29, 1.82) is 0 Å². The minimum Gasteiger partial charge on any atom is -0.393 e. The van der Waals surface area contributed by atoms with Crippen LogP contribution in [0.15, 0.2) is 30.5 Å². The van der Waals surface area contributed by atoms with E-state index in [4.69, 9.17) is 16.7 Å². The lowest BCUT2D eigenvalue weighted by Crippen LogP contribution is -2.13. The van der Waals surface area contributed by atoms with Gasteiger partial charge in [0.1, 0.15) is 17.7 Å². The second-order valence-electron chi connectivity index (χ2n) is 4.96. The predicted molar refractivity (Wildman–Crippen MR) is 85.3 cm³/mol. The maximum absolute atomic E-state index is 13.2. The number of benzene rings is 1. The highest BCUT2D eigenvalue weighted by Gasteiger charge is 2.18. The fraction of sp³-hybridized carbons (Fsp3) is 0.133. The number of anilines is 1. The van der Waals surface area contributed by atoms with Crippen molar-refractivity contribution in [2.24, 2.45) is 0 Å². The number of nitrogens with zero attached hydrogens (tertiary/aromatic N) is 2. The zero-order valence-electron chi connectivity index (χ0n) is 12.1. The van der Waals surface area contributed by atoms with Crippen LogP contribution in [0.4, 0.5) is 10.1 Å². The van der Waals surface area contributed by atoms with Crippen LogP contribution in [0.2, 0.25) is 5.02 Å². The Hall–Kier alpha value is -2.55. The summed E-state index contributed by atoms with van der Waals surface area (Å²) in [5.74, 6) is -0.971. The molecule has 9 heteroatoms. The van der Waals surface area contributed by atoms with Gasteiger partial charge in [-0.15, -0.1) is 0 Å². The van der Waals surface area contributed by atoms with Gasteiger partial charge in [-0.25, -0.2) is 14.4 Å². The molecule has 1 atom stereocenters. The number of aromatic nitrogens is 3. The van der Waals surface area contributed by atoms with Crippen LogP contribution in [0.3, 0.4) is 0 Å². The molecule has 0 aliphatic rings. The summed E-state index contributed by atoms with van der Waals surface area (Å²) in [7, 11) is 0. The molecular weight excluding hydrogens is 339 g/mol. The number of carbonyl (C=O) groups excluding carboxylic acids is 1. The van der Waals surface area contributed by atoms with Gasteiger partial charge in [-0.3, -0.25) is 4.79 Å². The number of pyridine rings is 1. The van der Waals surface area contributed by atoms with Gasteiger partial charge >= 0.3 is 0 Å². The van der Waals surface area contributed by atoms with Gasteiger partial charge in [-0.05, 0) is 24.3 Å². The van der Waals surface area contributed by atoms with Gasteiger partial charge in [0.25, 0.3) is 5.91 Å². The Balaban J connectivity index is 1.94. The number of rotatable bonds is 4. The van der Waals surface area contributed by atoms with E-state index >= 15 is 0 Å². The van der Waals surface area contributed by atoms with E-state index in [0.717, 1.165) is 6.07 Å². The summed E-state index contributed by atoms with van der Waals surface area (Å²) in [5.41, 5.74) is 1.09. The Kier molecular flexibility index (Phi) is 4.43. The molecule has 4 N–H and O–H groups in total. The number of fused-ring (bicyclic) bond motifs is 1. The number of H-pyrrole nitrogens is 1. The molecule has 2 aromatic heterocycles. The summed E-state index contributed by atoms with van der Waals surface area (Å²) in [6.45, 7) is -0.518. The molecule has 0 aliphatic carbocycles. The quantitative estimate of drug-likeness (QED) is 0.575. The van der Waals surface area contributed by atoms with Crippen molar-refractivity contribution in [3.63, 3.8) is 0 Å². The Morgan fingerprint density at radius 1 is 1.42 bits per heavy atom. The average molecular weight is 351 g/mol. The molecule has 0 aliphatic heterocycles. The average Bonchev–Trinajstić information content (AvgIpc) is 3.01. The van der Waals surface area contributed by atoms with Crippen LogP contribution in [0.5, 0.6) is 0 Å². The first-order valence-corrected chi connectivity index (χ1v) is 7.27. The van der Waals surface area contributed by atoms with Crippen LogP contribution in [0.1, 0.15) is 22.3 Å². The monoisotopic (exact) mass is 350 g/mol. The highest BCUT2D eigenvalue weighted by molar-refractivity contribution is 6.31. The van der Waals surface area contributed by atoms with Gasteiger partial charge < -0.3 is 20.5 Å². The Morgan fingerprint density at radius 3 is 2.92 bits per heavy atom. The molecule has 1 amide bonds. The number of carbonyl (C=O) groups is 1. The summed E-state index contributed by atoms with van der Waals surface area (Å²) in [6.07, 6.45) is 0.191. The summed E-state index contributed by atoms with van der Waals surface area (Å²) >= 11 is 5.69. The van der Waals surface area contributed by atoms with E-state index in [1.54, 1.807) is 0 Å².